The van der Waals surface area contributed by atoms with Crippen LogP contribution in [0.2, 0.25) is 0 Å². The molecule has 0 bridgehead atoms. The third kappa shape index (κ3) is 1.76. The van der Waals surface area contributed by atoms with E-state index in [-0.39, 0.29) is 0 Å². The lowest BCUT2D eigenvalue weighted by molar-refractivity contribution is 0.107. The molecule has 1 nitrogen and oxygen atoms in total. The molecule has 0 radical (unpaired) electrons. The summed E-state index contributed by atoms with van der Waals surface area (Å²) in [7, 11) is 2.30. The smallest absolute Gasteiger partial charge is 0.00974 e. The molecule has 0 aromatic heterocycles. The van der Waals surface area contributed by atoms with Crippen LogP contribution in [0.25, 0.3) is 0 Å². The molecule has 11 heavy (non-hydrogen) atoms. The molecule has 2 saturated carbocycles. The van der Waals surface area contributed by atoms with Crippen LogP contribution in [0.3, 0.4) is 0 Å². The van der Waals surface area contributed by atoms with Crippen LogP contribution in [0.4, 0.5) is 0 Å². The van der Waals surface area contributed by atoms with Gasteiger partial charge in [0.2, 0.25) is 0 Å². The highest BCUT2D eigenvalue weighted by Crippen LogP contribution is 2.34. The molecule has 0 aromatic rings. The van der Waals surface area contributed by atoms with Crippen LogP contribution < -0.4 is 0 Å². The molecular formula is C10H19N. The Kier molecular flexibility index (Phi) is 1.92. The molecule has 0 atom stereocenters. The summed E-state index contributed by atoms with van der Waals surface area (Å²) >= 11 is 0. The Morgan fingerprint density at radius 2 is 1.91 bits per heavy atom. The fourth-order valence-electron chi connectivity index (χ4n) is 2.08. The van der Waals surface area contributed by atoms with Gasteiger partial charge in [-0.3, -0.25) is 0 Å². The molecular weight excluding hydrogens is 134 g/mol. The van der Waals surface area contributed by atoms with E-state index in [2.05, 4.69) is 18.9 Å². The van der Waals surface area contributed by atoms with Crippen molar-refractivity contribution in [3.8, 4) is 0 Å². The van der Waals surface area contributed by atoms with E-state index in [4.69, 9.17) is 0 Å². The highest BCUT2D eigenvalue weighted by atomic mass is 15.1. The van der Waals surface area contributed by atoms with Crippen LogP contribution in [0, 0.1) is 11.8 Å². The summed E-state index contributed by atoms with van der Waals surface area (Å²) < 4.78 is 0. The molecule has 2 aliphatic rings. The quantitative estimate of drug-likeness (QED) is 0.600. The number of nitrogens with zero attached hydrogens (tertiary/aromatic N) is 1. The van der Waals surface area contributed by atoms with Gasteiger partial charge in [-0.25, -0.2) is 0 Å². The summed E-state index contributed by atoms with van der Waals surface area (Å²) in [6.45, 7) is 3.73. The van der Waals surface area contributed by atoms with Gasteiger partial charge in [0.1, 0.15) is 0 Å². The van der Waals surface area contributed by atoms with E-state index in [1.165, 1.54) is 32.2 Å². The van der Waals surface area contributed by atoms with Gasteiger partial charge in [0.05, 0.1) is 0 Å². The van der Waals surface area contributed by atoms with E-state index >= 15 is 0 Å². The largest absolute Gasteiger partial charge is 0.303 e. The molecule has 0 spiro atoms. The van der Waals surface area contributed by atoms with Gasteiger partial charge in [-0.15, -0.1) is 0 Å². The number of rotatable bonds is 3. The average molecular weight is 153 g/mol. The SMILES string of the molecule is CC1CC(N(C)CC2CC2)C1. The lowest BCUT2D eigenvalue weighted by atomic mass is 9.81. The van der Waals surface area contributed by atoms with Crippen molar-refractivity contribution in [1.29, 1.82) is 0 Å². The van der Waals surface area contributed by atoms with Gasteiger partial charge < -0.3 is 4.90 Å². The van der Waals surface area contributed by atoms with E-state index in [1.54, 1.807) is 0 Å². The van der Waals surface area contributed by atoms with Crippen molar-refractivity contribution in [3.63, 3.8) is 0 Å². The van der Waals surface area contributed by atoms with Crippen molar-refractivity contribution in [3.05, 3.63) is 0 Å². The molecule has 2 fully saturated rings. The van der Waals surface area contributed by atoms with Crippen molar-refractivity contribution in [2.24, 2.45) is 11.8 Å². The summed E-state index contributed by atoms with van der Waals surface area (Å²) in [5.74, 6) is 2.07. The number of hydrogen-bond donors (Lipinski definition) is 0. The summed E-state index contributed by atoms with van der Waals surface area (Å²) in [5, 5.41) is 0. The molecule has 0 aromatic carbocycles. The van der Waals surface area contributed by atoms with Crippen LogP contribution in [0.5, 0.6) is 0 Å². The van der Waals surface area contributed by atoms with E-state index in [1.807, 2.05) is 0 Å². The molecule has 0 aliphatic heterocycles. The number of hydrogen-bond acceptors (Lipinski definition) is 1. The predicted octanol–water partition coefficient (Wildman–Crippen LogP) is 2.13. The van der Waals surface area contributed by atoms with Gasteiger partial charge in [0.15, 0.2) is 0 Å². The first kappa shape index (κ1) is 7.60. The summed E-state index contributed by atoms with van der Waals surface area (Å²) in [4.78, 5) is 2.58. The first-order valence-electron chi connectivity index (χ1n) is 4.96. The molecule has 0 unspecified atom stereocenters. The van der Waals surface area contributed by atoms with Gasteiger partial charge in [0, 0.05) is 12.6 Å². The zero-order valence-electron chi connectivity index (χ0n) is 7.71. The Morgan fingerprint density at radius 3 is 2.36 bits per heavy atom. The van der Waals surface area contributed by atoms with E-state index in [9.17, 15) is 0 Å². The Morgan fingerprint density at radius 1 is 1.27 bits per heavy atom. The third-order valence-corrected chi connectivity index (χ3v) is 3.22. The van der Waals surface area contributed by atoms with Crippen molar-refractivity contribution < 1.29 is 0 Å². The van der Waals surface area contributed by atoms with Gasteiger partial charge in [-0.1, -0.05) is 6.92 Å². The summed E-state index contributed by atoms with van der Waals surface area (Å²) in [6.07, 6.45) is 5.88. The second-order valence-electron chi connectivity index (χ2n) is 4.61. The van der Waals surface area contributed by atoms with Gasteiger partial charge >= 0.3 is 0 Å². The lowest BCUT2D eigenvalue weighted by Gasteiger charge is -2.39. The molecule has 2 aliphatic carbocycles. The zero-order chi connectivity index (χ0) is 7.84. The Labute approximate surface area is 69.8 Å². The molecule has 0 heterocycles. The minimum Gasteiger partial charge on any atom is -0.303 e. The van der Waals surface area contributed by atoms with Gasteiger partial charge in [-0.05, 0) is 44.6 Å². The standard InChI is InChI=1S/C10H19N/c1-8-5-10(6-8)11(2)7-9-3-4-9/h8-10H,3-7H2,1-2H3. The minimum atomic E-state index is 0.936. The molecule has 64 valence electrons. The van der Waals surface area contributed by atoms with Crippen molar-refractivity contribution in [1.82, 2.24) is 4.90 Å². The third-order valence-electron chi connectivity index (χ3n) is 3.22. The van der Waals surface area contributed by atoms with Crippen molar-refractivity contribution in [2.45, 2.75) is 38.6 Å². The van der Waals surface area contributed by atoms with Gasteiger partial charge in [0.25, 0.3) is 0 Å². The first-order valence-corrected chi connectivity index (χ1v) is 4.96. The van der Waals surface area contributed by atoms with Crippen LogP contribution in [0.15, 0.2) is 0 Å². The highest BCUT2D eigenvalue weighted by Gasteiger charge is 2.31. The van der Waals surface area contributed by atoms with Crippen molar-refractivity contribution in [2.75, 3.05) is 13.6 Å². The molecule has 2 rings (SSSR count). The maximum absolute atomic E-state index is 2.58. The fourth-order valence-corrected chi connectivity index (χ4v) is 2.08. The Hall–Kier alpha value is -0.0400. The van der Waals surface area contributed by atoms with E-state index in [0.29, 0.717) is 0 Å². The second kappa shape index (κ2) is 2.78. The normalized spacial score (nSPS) is 37.4. The topological polar surface area (TPSA) is 3.24 Å². The monoisotopic (exact) mass is 153 g/mol. The Balaban J connectivity index is 1.68. The highest BCUT2D eigenvalue weighted by molar-refractivity contribution is 4.86. The fraction of sp³-hybridized carbons (Fsp3) is 1.00. The minimum absolute atomic E-state index is 0.936. The van der Waals surface area contributed by atoms with Gasteiger partial charge in [-0.2, -0.15) is 0 Å². The molecule has 0 saturated heterocycles. The van der Waals surface area contributed by atoms with E-state index < -0.39 is 0 Å². The Bertz CT molecular complexity index is 134. The van der Waals surface area contributed by atoms with Crippen molar-refractivity contribution >= 4 is 0 Å². The molecule has 0 N–H and O–H groups in total. The lowest BCUT2D eigenvalue weighted by Crippen LogP contribution is -2.42. The molecule has 1 heteroatoms. The summed E-state index contributed by atoms with van der Waals surface area (Å²) in [6, 6.07) is 0.936. The van der Waals surface area contributed by atoms with E-state index in [0.717, 1.165) is 17.9 Å². The molecule has 0 amide bonds. The average Bonchev–Trinajstić information content (AvgIpc) is 2.64. The maximum atomic E-state index is 2.58. The first-order chi connectivity index (χ1) is 5.25. The zero-order valence-corrected chi connectivity index (χ0v) is 7.71. The van der Waals surface area contributed by atoms with Crippen LogP contribution in [0.1, 0.15) is 32.6 Å². The van der Waals surface area contributed by atoms with Crippen LogP contribution in [-0.2, 0) is 0 Å². The second-order valence-corrected chi connectivity index (χ2v) is 4.61. The van der Waals surface area contributed by atoms with Crippen LogP contribution in [-0.4, -0.2) is 24.5 Å². The van der Waals surface area contributed by atoms with Crippen LogP contribution >= 0.6 is 0 Å². The maximum Gasteiger partial charge on any atom is 0.00974 e. The summed E-state index contributed by atoms with van der Waals surface area (Å²) in [5.41, 5.74) is 0. The predicted molar refractivity (Wildman–Crippen MR) is 47.5 cm³/mol.